The molecular weight excluding hydrogens is 370 g/mol. The van der Waals surface area contributed by atoms with Crippen molar-refractivity contribution in [2.24, 2.45) is 10.8 Å². The Morgan fingerprint density at radius 3 is 0.846 bits per heavy atom. The zero-order chi connectivity index (χ0) is 21.7. The average Bonchev–Trinajstić information content (AvgIpc) is 2.34. The summed E-state index contributed by atoms with van der Waals surface area (Å²) in [5.41, 5.74) is -0.804. The second-order valence-corrected chi connectivity index (χ2v) is 7.54. The van der Waals surface area contributed by atoms with Gasteiger partial charge in [-0.15, -0.1) is 0 Å². The minimum atomic E-state index is -5.40. The Kier molecular flexibility index (Phi) is 8.93. The third kappa shape index (κ3) is 11.0. The van der Waals surface area contributed by atoms with E-state index in [4.69, 9.17) is 0 Å². The van der Waals surface area contributed by atoms with Crippen molar-refractivity contribution in [1.82, 2.24) is 0 Å². The number of hydrogen-bond acceptors (Lipinski definition) is 4. The van der Waals surface area contributed by atoms with Gasteiger partial charge in [0.25, 0.3) is 0 Å². The molecule has 0 aliphatic heterocycles. The van der Waals surface area contributed by atoms with E-state index in [1.54, 1.807) is 0 Å². The maximum atomic E-state index is 11.5. The highest BCUT2D eigenvalue weighted by atomic mass is 19.4. The monoisotopic (exact) mass is 392 g/mol. The highest BCUT2D eigenvalue weighted by Gasteiger charge is 2.46. The Balaban J connectivity index is 0. The van der Waals surface area contributed by atoms with E-state index in [1.807, 2.05) is 41.5 Å². The van der Waals surface area contributed by atoms with Crippen molar-refractivity contribution >= 4 is 23.1 Å². The molecule has 26 heavy (non-hydrogen) atoms. The number of hydrogen-bond donors (Lipinski definition) is 0. The van der Waals surface area contributed by atoms with E-state index < -0.39 is 41.2 Å². The van der Waals surface area contributed by atoms with Crippen LogP contribution in [0.15, 0.2) is 0 Å². The normalized spacial score (nSPS) is 12.8. The zero-order valence-electron chi connectivity index (χ0n) is 15.3. The molecule has 0 saturated carbocycles. The lowest BCUT2D eigenvalue weighted by molar-refractivity contribution is -0.182. The summed E-state index contributed by atoms with van der Waals surface area (Å²) >= 11 is 0. The van der Waals surface area contributed by atoms with Gasteiger partial charge in [-0.25, -0.2) is 0 Å². The van der Waals surface area contributed by atoms with Crippen LogP contribution in [0.1, 0.15) is 54.4 Å². The van der Waals surface area contributed by atoms with Crippen molar-refractivity contribution in [3.8, 4) is 0 Å². The van der Waals surface area contributed by atoms with E-state index in [-0.39, 0.29) is 18.0 Å². The van der Waals surface area contributed by atoms with E-state index in [0.717, 1.165) is 0 Å². The molecule has 0 aliphatic carbocycles. The number of ketones is 4. The fourth-order valence-electron chi connectivity index (χ4n) is 1.02. The molecule has 0 fully saturated rings. The smallest absolute Gasteiger partial charge is 0.299 e. The van der Waals surface area contributed by atoms with Crippen LogP contribution in [0.4, 0.5) is 26.3 Å². The molecule has 0 aliphatic rings. The molecule has 0 amide bonds. The number of alkyl halides is 6. The van der Waals surface area contributed by atoms with Crippen LogP contribution in [-0.4, -0.2) is 35.5 Å². The van der Waals surface area contributed by atoms with E-state index in [2.05, 4.69) is 0 Å². The first-order valence-electron chi connectivity index (χ1n) is 7.36. The number of carbonyl (C=O) groups is 4. The van der Waals surface area contributed by atoms with E-state index in [9.17, 15) is 45.5 Å². The average molecular weight is 392 g/mol. The molecule has 0 atom stereocenters. The van der Waals surface area contributed by atoms with Gasteiger partial charge in [0.15, 0.2) is 0 Å². The van der Waals surface area contributed by atoms with Gasteiger partial charge in [0.05, 0.1) is 12.8 Å². The topological polar surface area (TPSA) is 68.3 Å². The summed E-state index contributed by atoms with van der Waals surface area (Å²) < 4.78 is 68.0. The molecule has 0 bridgehead atoms. The van der Waals surface area contributed by atoms with Gasteiger partial charge in [0.1, 0.15) is 11.6 Å². The van der Waals surface area contributed by atoms with Gasteiger partial charge in [-0.1, -0.05) is 41.5 Å². The Hall–Kier alpha value is -1.74. The fourth-order valence-corrected chi connectivity index (χ4v) is 1.02. The summed E-state index contributed by atoms with van der Waals surface area (Å²) in [6.07, 6.45) is -12.9. The first-order chi connectivity index (χ1) is 11.1. The number of Topliss-reactive ketones (excluding diaryl/α,β-unsaturated/α-hetero) is 4. The van der Waals surface area contributed by atoms with Crippen LogP contribution in [-0.2, 0) is 19.2 Å². The van der Waals surface area contributed by atoms with Gasteiger partial charge in [-0.05, 0) is 0 Å². The molecule has 0 saturated heterocycles. The van der Waals surface area contributed by atoms with Gasteiger partial charge in [-0.2, -0.15) is 26.3 Å². The van der Waals surface area contributed by atoms with Crippen molar-refractivity contribution in [1.29, 1.82) is 0 Å². The van der Waals surface area contributed by atoms with E-state index in [0.29, 0.717) is 0 Å². The minimum absolute atomic E-state index is 0.0208. The van der Waals surface area contributed by atoms with Crippen LogP contribution in [0.25, 0.3) is 0 Å². The summed E-state index contributed by atoms with van der Waals surface area (Å²) in [5, 5.41) is 0. The summed E-state index contributed by atoms with van der Waals surface area (Å²) in [7, 11) is 0. The summed E-state index contributed by atoms with van der Waals surface area (Å²) in [4.78, 5) is 42.8. The summed E-state index contributed by atoms with van der Waals surface area (Å²) in [6, 6.07) is 0. The van der Waals surface area contributed by atoms with Crippen LogP contribution in [0.3, 0.4) is 0 Å². The second kappa shape index (κ2) is 8.77. The first kappa shape index (κ1) is 26.5. The Morgan fingerprint density at radius 2 is 0.692 bits per heavy atom. The Morgan fingerprint density at radius 1 is 0.500 bits per heavy atom. The number of rotatable bonds is 4. The molecule has 152 valence electrons. The lowest BCUT2D eigenvalue weighted by atomic mass is 9.82. The van der Waals surface area contributed by atoms with Crippen molar-refractivity contribution in [2.75, 3.05) is 0 Å². The Labute approximate surface area is 147 Å². The predicted octanol–water partition coefficient (Wildman–Crippen LogP) is 4.25. The highest BCUT2D eigenvalue weighted by molar-refractivity contribution is 6.04. The molecule has 0 aromatic rings. The molecule has 0 aromatic heterocycles. The molecular formula is C16H22F6O4. The molecule has 0 unspecified atom stereocenters. The molecule has 0 radical (unpaired) electrons. The lowest BCUT2D eigenvalue weighted by Gasteiger charge is -2.20. The van der Waals surface area contributed by atoms with Crippen LogP contribution in [0.2, 0.25) is 0 Å². The van der Waals surface area contributed by atoms with Gasteiger partial charge < -0.3 is 0 Å². The maximum absolute atomic E-state index is 11.5. The van der Waals surface area contributed by atoms with Crippen LogP contribution >= 0.6 is 0 Å². The van der Waals surface area contributed by atoms with Crippen molar-refractivity contribution < 1.29 is 45.5 Å². The minimum Gasteiger partial charge on any atom is -0.299 e. The molecule has 0 spiro atoms. The second-order valence-electron chi connectivity index (χ2n) is 7.54. The van der Waals surface area contributed by atoms with Crippen LogP contribution in [0.5, 0.6) is 0 Å². The van der Waals surface area contributed by atoms with Crippen LogP contribution < -0.4 is 0 Å². The van der Waals surface area contributed by atoms with E-state index in [1.165, 1.54) is 0 Å². The van der Waals surface area contributed by atoms with Gasteiger partial charge >= 0.3 is 12.4 Å². The quantitative estimate of drug-likeness (QED) is 0.530. The number of halogens is 6. The summed E-state index contributed by atoms with van der Waals surface area (Å²) in [6.45, 7) is 11.0. The lowest BCUT2D eigenvalue weighted by Crippen LogP contribution is -2.31. The zero-order valence-corrected chi connectivity index (χ0v) is 15.3. The van der Waals surface area contributed by atoms with E-state index >= 15 is 0 Å². The fraction of sp³-hybridized carbons (Fsp3) is 0.750. The first-order valence-corrected chi connectivity index (χ1v) is 7.36. The molecule has 0 N–H and O–H groups in total. The standard InChI is InChI=1S/C11H20O2.C5H2F6O2/c1-10(2,3)8(12)7-9(13)11(4,5)6;6-4(7,8)2(12)1-3(13)5(9,10)11/h7H2,1-6H3;1H2. The highest BCUT2D eigenvalue weighted by Crippen LogP contribution is 2.24. The summed E-state index contributed by atoms with van der Waals surface area (Å²) in [5.74, 6) is -5.36. The third-order valence-electron chi connectivity index (χ3n) is 2.95. The van der Waals surface area contributed by atoms with Gasteiger partial charge in [0.2, 0.25) is 11.6 Å². The van der Waals surface area contributed by atoms with Crippen molar-refractivity contribution in [2.45, 2.75) is 66.7 Å². The predicted molar refractivity (Wildman–Crippen MR) is 80.3 cm³/mol. The molecule has 0 heterocycles. The molecule has 4 nitrogen and oxygen atoms in total. The SMILES string of the molecule is CC(C)(C)C(=O)CC(=O)C(C)(C)C.O=C(CC(=O)C(F)(F)F)C(F)(F)F. The van der Waals surface area contributed by atoms with Gasteiger partial charge in [-0.3, -0.25) is 19.2 Å². The largest absolute Gasteiger partial charge is 0.450 e. The molecule has 0 rings (SSSR count). The van der Waals surface area contributed by atoms with Gasteiger partial charge in [0, 0.05) is 10.8 Å². The van der Waals surface area contributed by atoms with Crippen molar-refractivity contribution in [3.05, 3.63) is 0 Å². The number of carbonyl (C=O) groups excluding carboxylic acids is 4. The third-order valence-corrected chi connectivity index (χ3v) is 2.95. The Bertz CT molecular complexity index is 447. The maximum Gasteiger partial charge on any atom is 0.450 e. The van der Waals surface area contributed by atoms with Crippen LogP contribution in [0, 0.1) is 10.8 Å². The van der Waals surface area contributed by atoms with Crippen molar-refractivity contribution in [3.63, 3.8) is 0 Å². The molecule has 0 aromatic carbocycles. The molecule has 10 heteroatoms.